The van der Waals surface area contributed by atoms with Crippen LogP contribution < -0.4 is 11.2 Å². The van der Waals surface area contributed by atoms with Gasteiger partial charge in [-0.05, 0) is 7.05 Å². The highest BCUT2D eigenvalue weighted by Crippen LogP contribution is 2.27. The highest BCUT2D eigenvalue weighted by molar-refractivity contribution is 5.06. The Hall–Kier alpha value is -1.52. The Labute approximate surface area is 139 Å². The number of hydrogen-bond acceptors (Lipinski definition) is 7. The van der Waals surface area contributed by atoms with Crippen molar-refractivity contribution in [2.75, 3.05) is 39.8 Å². The van der Waals surface area contributed by atoms with Gasteiger partial charge in [0.05, 0.1) is 12.7 Å². The van der Waals surface area contributed by atoms with Crippen LogP contribution in [0.2, 0.25) is 0 Å². The Morgan fingerprint density at radius 1 is 1.29 bits per heavy atom. The summed E-state index contributed by atoms with van der Waals surface area (Å²) in [6.45, 7) is 3.74. The maximum absolute atomic E-state index is 12.1. The van der Waals surface area contributed by atoms with E-state index in [0.717, 1.165) is 26.2 Å². The number of H-pyrrole nitrogens is 1. The molecule has 134 valence electrons. The number of aliphatic hydroxyl groups excluding tert-OH is 2. The van der Waals surface area contributed by atoms with Gasteiger partial charge < -0.3 is 19.8 Å². The molecule has 2 aliphatic rings. The SMILES string of the molecule is CN1CCN(Cc2cn([C@H]3C[C@H](O)[C@@H](CO)O3)c(=O)[nH]c2=O)CC1. The molecule has 1 aromatic rings. The summed E-state index contributed by atoms with van der Waals surface area (Å²) in [6, 6.07) is 0. The van der Waals surface area contributed by atoms with Gasteiger partial charge in [0.15, 0.2) is 0 Å². The summed E-state index contributed by atoms with van der Waals surface area (Å²) in [5.41, 5.74) is -0.477. The average molecular weight is 340 g/mol. The Balaban J connectivity index is 1.79. The lowest BCUT2D eigenvalue weighted by Gasteiger charge is -2.32. The summed E-state index contributed by atoms with van der Waals surface area (Å²) in [7, 11) is 2.06. The molecule has 0 radical (unpaired) electrons. The lowest BCUT2D eigenvalue weighted by molar-refractivity contribution is -0.0460. The van der Waals surface area contributed by atoms with Crippen molar-refractivity contribution in [1.82, 2.24) is 19.4 Å². The van der Waals surface area contributed by atoms with Crippen LogP contribution >= 0.6 is 0 Å². The van der Waals surface area contributed by atoms with Crippen molar-refractivity contribution >= 4 is 0 Å². The standard InChI is InChI=1S/C15H24N4O5/c1-17-2-4-18(5-3-17)7-10-8-19(15(23)16-14(10)22)13-6-11(21)12(9-20)24-13/h8,11-13,20-21H,2-7,9H2,1H3,(H,16,22,23)/t11-,12+,13+/m0/s1. The third-order valence-corrected chi connectivity index (χ3v) is 4.73. The van der Waals surface area contributed by atoms with Crippen molar-refractivity contribution in [3.8, 4) is 0 Å². The van der Waals surface area contributed by atoms with Crippen LogP contribution in [0, 0.1) is 0 Å². The lowest BCUT2D eigenvalue weighted by Crippen LogP contribution is -2.45. The molecule has 0 bridgehead atoms. The molecule has 2 fully saturated rings. The van der Waals surface area contributed by atoms with Crippen molar-refractivity contribution < 1.29 is 14.9 Å². The van der Waals surface area contributed by atoms with E-state index >= 15 is 0 Å². The predicted octanol–water partition coefficient (Wildman–Crippen LogP) is -2.08. The highest BCUT2D eigenvalue weighted by atomic mass is 16.5. The van der Waals surface area contributed by atoms with E-state index in [1.807, 2.05) is 0 Å². The minimum atomic E-state index is -0.833. The van der Waals surface area contributed by atoms with Gasteiger partial charge in [-0.2, -0.15) is 0 Å². The number of ether oxygens (including phenoxy) is 1. The number of nitrogens with one attached hydrogen (secondary N) is 1. The maximum atomic E-state index is 12.1. The molecule has 3 rings (SSSR count). The fourth-order valence-electron chi connectivity index (χ4n) is 3.15. The molecular weight excluding hydrogens is 316 g/mol. The number of piperazine rings is 1. The van der Waals surface area contributed by atoms with E-state index in [4.69, 9.17) is 9.84 Å². The zero-order valence-electron chi connectivity index (χ0n) is 13.7. The van der Waals surface area contributed by atoms with E-state index in [2.05, 4.69) is 21.8 Å². The van der Waals surface area contributed by atoms with Crippen LogP contribution in [0.1, 0.15) is 18.2 Å². The Morgan fingerprint density at radius 3 is 2.62 bits per heavy atom. The van der Waals surface area contributed by atoms with Gasteiger partial charge in [0, 0.05) is 50.9 Å². The second-order valence-corrected chi connectivity index (χ2v) is 6.52. The van der Waals surface area contributed by atoms with E-state index < -0.39 is 29.7 Å². The third kappa shape index (κ3) is 3.60. The summed E-state index contributed by atoms with van der Waals surface area (Å²) in [5.74, 6) is 0. The van der Waals surface area contributed by atoms with E-state index in [9.17, 15) is 14.7 Å². The first kappa shape index (κ1) is 17.3. The molecule has 24 heavy (non-hydrogen) atoms. The van der Waals surface area contributed by atoms with Crippen LogP contribution in [0.4, 0.5) is 0 Å². The molecule has 3 atom stereocenters. The number of aromatic nitrogens is 2. The van der Waals surface area contributed by atoms with Crippen molar-refractivity contribution in [2.45, 2.75) is 31.4 Å². The lowest BCUT2D eigenvalue weighted by atomic mass is 10.2. The second-order valence-electron chi connectivity index (χ2n) is 6.52. The van der Waals surface area contributed by atoms with E-state index in [1.165, 1.54) is 10.8 Å². The molecule has 0 unspecified atom stereocenters. The fraction of sp³-hybridized carbons (Fsp3) is 0.733. The summed E-state index contributed by atoms with van der Waals surface area (Å²) in [5, 5.41) is 19.0. The predicted molar refractivity (Wildman–Crippen MR) is 85.7 cm³/mol. The van der Waals surface area contributed by atoms with E-state index in [0.29, 0.717) is 12.1 Å². The molecule has 0 spiro atoms. The van der Waals surface area contributed by atoms with Crippen molar-refractivity contribution in [2.24, 2.45) is 0 Å². The fourth-order valence-corrected chi connectivity index (χ4v) is 3.15. The summed E-state index contributed by atoms with van der Waals surface area (Å²) in [6.07, 6.45) is -0.524. The van der Waals surface area contributed by atoms with Gasteiger partial charge >= 0.3 is 5.69 Å². The van der Waals surface area contributed by atoms with E-state index in [1.54, 1.807) is 0 Å². The van der Waals surface area contributed by atoms with Crippen LogP contribution in [0.3, 0.4) is 0 Å². The van der Waals surface area contributed by atoms with Crippen LogP contribution in [-0.4, -0.2) is 81.6 Å². The number of hydrogen-bond donors (Lipinski definition) is 3. The molecule has 0 aliphatic carbocycles. The first-order chi connectivity index (χ1) is 11.5. The van der Waals surface area contributed by atoms with Crippen LogP contribution in [0.15, 0.2) is 15.8 Å². The minimum Gasteiger partial charge on any atom is -0.394 e. The van der Waals surface area contributed by atoms with Gasteiger partial charge in [-0.1, -0.05) is 0 Å². The zero-order valence-corrected chi connectivity index (χ0v) is 13.7. The summed E-state index contributed by atoms with van der Waals surface area (Å²) in [4.78, 5) is 30.9. The summed E-state index contributed by atoms with van der Waals surface area (Å²) < 4.78 is 6.81. The topological polar surface area (TPSA) is 111 Å². The molecule has 0 amide bonds. The zero-order chi connectivity index (χ0) is 17.3. The van der Waals surface area contributed by atoms with Crippen molar-refractivity contribution in [1.29, 1.82) is 0 Å². The Kier molecular flexibility index (Phi) is 5.16. The normalized spacial score (nSPS) is 29.2. The number of likely N-dealkylation sites (N-methyl/N-ethyl adjacent to an activating group) is 1. The van der Waals surface area contributed by atoms with Gasteiger partial charge in [-0.25, -0.2) is 4.79 Å². The maximum Gasteiger partial charge on any atom is 0.330 e. The molecule has 2 saturated heterocycles. The molecule has 1 aromatic heterocycles. The van der Waals surface area contributed by atoms with Crippen LogP contribution in [-0.2, 0) is 11.3 Å². The number of aliphatic hydroxyl groups is 2. The third-order valence-electron chi connectivity index (χ3n) is 4.73. The van der Waals surface area contributed by atoms with Crippen molar-refractivity contribution in [3.05, 3.63) is 32.6 Å². The second kappa shape index (κ2) is 7.16. The molecule has 9 heteroatoms. The smallest absolute Gasteiger partial charge is 0.330 e. The first-order valence-corrected chi connectivity index (χ1v) is 8.17. The number of aromatic amines is 1. The largest absolute Gasteiger partial charge is 0.394 e. The van der Waals surface area contributed by atoms with E-state index in [-0.39, 0.29) is 13.0 Å². The quantitative estimate of drug-likeness (QED) is 0.577. The monoisotopic (exact) mass is 340 g/mol. The van der Waals surface area contributed by atoms with Gasteiger partial charge in [0.2, 0.25) is 0 Å². The average Bonchev–Trinajstić information content (AvgIpc) is 2.92. The van der Waals surface area contributed by atoms with Crippen LogP contribution in [0.5, 0.6) is 0 Å². The molecule has 3 N–H and O–H groups in total. The van der Waals surface area contributed by atoms with Gasteiger partial charge in [-0.3, -0.25) is 19.2 Å². The van der Waals surface area contributed by atoms with Crippen molar-refractivity contribution in [3.63, 3.8) is 0 Å². The molecule has 0 saturated carbocycles. The number of rotatable bonds is 4. The summed E-state index contributed by atoms with van der Waals surface area (Å²) >= 11 is 0. The molecule has 0 aromatic carbocycles. The minimum absolute atomic E-state index is 0.200. The van der Waals surface area contributed by atoms with Gasteiger partial charge in [-0.15, -0.1) is 0 Å². The van der Waals surface area contributed by atoms with Gasteiger partial charge in [0.25, 0.3) is 5.56 Å². The number of nitrogens with zero attached hydrogens (tertiary/aromatic N) is 3. The van der Waals surface area contributed by atoms with Gasteiger partial charge in [0.1, 0.15) is 12.3 Å². The molecule has 2 aliphatic heterocycles. The Morgan fingerprint density at radius 2 is 2.00 bits per heavy atom. The molecular formula is C15H24N4O5. The Bertz CT molecular complexity index is 679. The highest BCUT2D eigenvalue weighted by Gasteiger charge is 2.35. The molecule has 3 heterocycles. The first-order valence-electron chi connectivity index (χ1n) is 8.17. The van der Waals surface area contributed by atoms with Crippen LogP contribution in [0.25, 0.3) is 0 Å². The molecule has 9 nitrogen and oxygen atoms in total.